The molecule has 0 fully saturated rings. The first-order chi connectivity index (χ1) is 14.9. The smallest absolute Gasteiger partial charge is 0.335 e. The molecular weight excluding hydrogens is 404 g/mol. The van der Waals surface area contributed by atoms with Gasteiger partial charge in [0.2, 0.25) is 0 Å². The van der Waals surface area contributed by atoms with E-state index < -0.39 is 17.5 Å². The van der Waals surface area contributed by atoms with E-state index in [1.54, 1.807) is 25.1 Å². The van der Waals surface area contributed by atoms with Crippen LogP contribution >= 0.6 is 0 Å². The summed E-state index contributed by atoms with van der Waals surface area (Å²) in [5, 5.41) is 18.6. The van der Waals surface area contributed by atoms with Crippen molar-refractivity contribution < 1.29 is 24.5 Å². The van der Waals surface area contributed by atoms with E-state index >= 15 is 0 Å². The molecule has 0 spiro atoms. The van der Waals surface area contributed by atoms with E-state index in [1.165, 1.54) is 18.5 Å². The van der Waals surface area contributed by atoms with Crippen molar-refractivity contribution in [1.82, 2.24) is 19.9 Å². The average molecular weight is 420 g/mol. The maximum absolute atomic E-state index is 12.3. The Hall–Kier alpha value is -4.47. The molecule has 0 aliphatic carbocycles. The average Bonchev–Trinajstić information content (AvgIpc) is 3.23. The Morgan fingerprint density at radius 3 is 2.39 bits per heavy atom. The van der Waals surface area contributed by atoms with Crippen LogP contribution in [0.15, 0.2) is 47.5 Å². The number of aromatic carboxylic acids is 2. The number of hydrogen-bond donors (Lipinski definition) is 4. The summed E-state index contributed by atoms with van der Waals surface area (Å²) in [5.41, 5.74) is 1.26. The van der Waals surface area contributed by atoms with Gasteiger partial charge in [0.05, 0.1) is 29.6 Å². The fourth-order valence-electron chi connectivity index (χ4n) is 3.19. The molecule has 2 heterocycles. The number of carboxylic acids is 2. The quantitative estimate of drug-likeness (QED) is 0.371. The van der Waals surface area contributed by atoms with Gasteiger partial charge in [-0.25, -0.2) is 19.6 Å². The van der Waals surface area contributed by atoms with E-state index in [0.717, 1.165) is 6.07 Å². The summed E-state index contributed by atoms with van der Waals surface area (Å²) >= 11 is 0. The maximum atomic E-state index is 12.3. The van der Waals surface area contributed by atoms with Gasteiger partial charge in [-0.3, -0.25) is 4.79 Å². The Morgan fingerprint density at radius 1 is 1.03 bits per heavy atom. The lowest BCUT2D eigenvalue weighted by molar-refractivity contribution is 0.0696. The van der Waals surface area contributed by atoms with E-state index in [4.69, 9.17) is 4.74 Å². The zero-order valence-electron chi connectivity index (χ0n) is 16.2. The normalized spacial score (nSPS) is 10.9. The molecule has 4 rings (SSSR count). The molecular formula is C21H16N4O6. The van der Waals surface area contributed by atoms with Crippen LogP contribution in [0.3, 0.4) is 0 Å². The minimum Gasteiger partial charge on any atom is -0.493 e. The molecule has 0 saturated carbocycles. The SMILES string of the molecule is CCOc1cc(-c2cc(C(=O)O)cc(C(=O)O)c2)ccc1-c1nc2[nH]cnc2c(=O)[nH]1. The maximum Gasteiger partial charge on any atom is 0.335 e. The molecule has 0 radical (unpaired) electrons. The molecule has 0 saturated heterocycles. The van der Waals surface area contributed by atoms with Gasteiger partial charge in [-0.2, -0.15) is 0 Å². The van der Waals surface area contributed by atoms with Gasteiger partial charge in [-0.15, -0.1) is 0 Å². The number of carbonyl (C=O) groups is 2. The summed E-state index contributed by atoms with van der Waals surface area (Å²) in [6.45, 7) is 2.11. The molecule has 0 aliphatic heterocycles. The van der Waals surface area contributed by atoms with Crippen molar-refractivity contribution in [3.05, 3.63) is 64.2 Å². The molecule has 2 aromatic heterocycles. The second-order valence-corrected chi connectivity index (χ2v) is 6.57. The van der Waals surface area contributed by atoms with Crippen molar-refractivity contribution in [2.24, 2.45) is 0 Å². The minimum absolute atomic E-state index is 0.146. The number of aromatic nitrogens is 4. The number of H-pyrrole nitrogens is 2. The van der Waals surface area contributed by atoms with E-state index in [0.29, 0.717) is 34.7 Å². The summed E-state index contributed by atoms with van der Waals surface area (Å²) in [4.78, 5) is 48.9. The standard InChI is InChI=1S/C21H16N4O6/c1-2-31-15-8-10(11-5-12(20(27)28)7-13(6-11)21(29)30)3-4-14(15)17-24-18-16(19(26)25-17)22-9-23-18/h3-9H,2H2,1H3,(H,27,28)(H,29,30)(H2,22,23,24,25,26). The van der Waals surface area contributed by atoms with Gasteiger partial charge >= 0.3 is 11.9 Å². The second kappa shape index (κ2) is 7.75. The lowest BCUT2D eigenvalue weighted by Gasteiger charge is -2.13. The number of rotatable bonds is 6. The number of carboxylic acid groups (broad SMARTS) is 2. The van der Waals surface area contributed by atoms with Crippen molar-refractivity contribution in [2.45, 2.75) is 6.92 Å². The molecule has 10 nitrogen and oxygen atoms in total. The number of hydrogen-bond acceptors (Lipinski definition) is 6. The van der Waals surface area contributed by atoms with Crippen LogP contribution in [0.5, 0.6) is 5.75 Å². The third kappa shape index (κ3) is 3.73. The second-order valence-electron chi connectivity index (χ2n) is 6.57. The molecule has 4 N–H and O–H groups in total. The van der Waals surface area contributed by atoms with Crippen LogP contribution in [0.4, 0.5) is 0 Å². The molecule has 31 heavy (non-hydrogen) atoms. The number of ether oxygens (including phenoxy) is 1. The molecule has 0 bridgehead atoms. The van der Waals surface area contributed by atoms with Gasteiger partial charge < -0.3 is 24.9 Å². The minimum atomic E-state index is -1.24. The summed E-state index contributed by atoms with van der Waals surface area (Å²) in [6, 6.07) is 8.84. The van der Waals surface area contributed by atoms with Gasteiger partial charge in [0.1, 0.15) is 11.6 Å². The number of fused-ring (bicyclic) bond motifs is 1. The highest BCUT2D eigenvalue weighted by Crippen LogP contribution is 2.33. The Balaban J connectivity index is 1.87. The molecule has 156 valence electrons. The highest BCUT2D eigenvalue weighted by Gasteiger charge is 2.16. The molecule has 0 unspecified atom stereocenters. The summed E-state index contributed by atoms with van der Waals surface area (Å²) in [7, 11) is 0. The number of nitrogens with one attached hydrogen (secondary N) is 2. The summed E-state index contributed by atoms with van der Waals surface area (Å²) < 4.78 is 5.72. The Kier molecular flexibility index (Phi) is 4.96. The summed E-state index contributed by atoms with van der Waals surface area (Å²) in [5.74, 6) is -1.82. The lowest BCUT2D eigenvalue weighted by Crippen LogP contribution is -2.10. The van der Waals surface area contributed by atoms with Crippen molar-refractivity contribution >= 4 is 23.1 Å². The molecule has 0 amide bonds. The highest BCUT2D eigenvalue weighted by atomic mass is 16.5. The molecule has 0 aliphatic rings. The third-order valence-electron chi connectivity index (χ3n) is 4.59. The van der Waals surface area contributed by atoms with Crippen LogP contribution in [-0.2, 0) is 0 Å². The van der Waals surface area contributed by atoms with Gasteiger partial charge in [0, 0.05) is 0 Å². The van der Waals surface area contributed by atoms with Crippen molar-refractivity contribution in [3.63, 3.8) is 0 Å². The van der Waals surface area contributed by atoms with E-state index in [9.17, 15) is 24.6 Å². The van der Waals surface area contributed by atoms with Crippen molar-refractivity contribution in [1.29, 1.82) is 0 Å². The largest absolute Gasteiger partial charge is 0.493 e. The highest BCUT2D eigenvalue weighted by molar-refractivity contribution is 5.96. The van der Waals surface area contributed by atoms with Gasteiger partial charge in [-0.1, -0.05) is 6.07 Å². The topological polar surface area (TPSA) is 158 Å². The van der Waals surface area contributed by atoms with Gasteiger partial charge in [0.15, 0.2) is 11.2 Å². The predicted octanol–water partition coefficient (Wildman–Crippen LogP) is 2.78. The van der Waals surface area contributed by atoms with Crippen molar-refractivity contribution in [2.75, 3.05) is 6.61 Å². The number of nitrogens with zero attached hydrogens (tertiary/aromatic N) is 2. The first kappa shape index (κ1) is 19.8. The van der Waals surface area contributed by atoms with Gasteiger partial charge in [-0.05, 0) is 48.4 Å². The number of imidazole rings is 1. The first-order valence-corrected chi connectivity index (χ1v) is 9.20. The molecule has 2 aromatic carbocycles. The van der Waals surface area contributed by atoms with Crippen LogP contribution in [-0.4, -0.2) is 48.7 Å². The Morgan fingerprint density at radius 2 is 1.74 bits per heavy atom. The zero-order valence-corrected chi connectivity index (χ0v) is 16.2. The molecule has 4 aromatic rings. The summed E-state index contributed by atoms with van der Waals surface area (Å²) in [6.07, 6.45) is 1.37. The van der Waals surface area contributed by atoms with Crippen molar-refractivity contribution in [3.8, 4) is 28.3 Å². The fraction of sp³-hybridized carbons (Fsp3) is 0.0952. The van der Waals surface area contributed by atoms with E-state index in [2.05, 4.69) is 19.9 Å². The monoisotopic (exact) mass is 420 g/mol. The van der Waals surface area contributed by atoms with Gasteiger partial charge in [0.25, 0.3) is 5.56 Å². The first-order valence-electron chi connectivity index (χ1n) is 9.20. The number of benzene rings is 2. The fourth-order valence-corrected chi connectivity index (χ4v) is 3.19. The van der Waals surface area contributed by atoms with Crippen LogP contribution < -0.4 is 10.3 Å². The van der Waals surface area contributed by atoms with Crippen LogP contribution in [0.2, 0.25) is 0 Å². The third-order valence-corrected chi connectivity index (χ3v) is 4.59. The van der Waals surface area contributed by atoms with Crippen LogP contribution in [0.25, 0.3) is 33.7 Å². The Labute approximate surface area is 174 Å². The lowest BCUT2D eigenvalue weighted by atomic mass is 9.98. The predicted molar refractivity (Wildman–Crippen MR) is 110 cm³/mol. The molecule has 0 atom stereocenters. The Bertz CT molecular complexity index is 1360. The van der Waals surface area contributed by atoms with Crippen LogP contribution in [0, 0.1) is 0 Å². The zero-order chi connectivity index (χ0) is 22.1. The number of aromatic amines is 2. The van der Waals surface area contributed by atoms with E-state index in [-0.39, 0.29) is 22.5 Å². The van der Waals surface area contributed by atoms with Crippen LogP contribution in [0.1, 0.15) is 27.6 Å². The molecule has 10 heteroatoms. The van der Waals surface area contributed by atoms with E-state index in [1.807, 2.05) is 0 Å².